The number of nitrogens with zero attached hydrogens (tertiary/aromatic N) is 1. The third-order valence-electron chi connectivity index (χ3n) is 5.33. The molecule has 0 saturated heterocycles. The van der Waals surface area contributed by atoms with Crippen molar-refractivity contribution in [1.82, 2.24) is 0 Å². The van der Waals surface area contributed by atoms with Gasteiger partial charge in [0.2, 0.25) is 0 Å². The van der Waals surface area contributed by atoms with Crippen molar-refractivity contribution in [2.75, 3.05) is 33.0 Å². The van der Waals surface area contributed by atoms with Gasteiger partial charge >= 0.3 is 5.97 Å². The van der Waals surface area contributed by atoms with Gasteiger partial charge in [-0.1, -0.05) is 71.6 Å². The van der Waals surface area contributed by atoms with Gasteiger partial charge in [-0.25, -0.2) is 4.79 Å². The number of carbonyl (C=O) groups excluding carboxylic acids is 1. The molecule has 29 heavy (non-hydrogen) atoms. The maximum atomic E-state index is 12.5. The Morgan fingerprint density at radius 1 is 0.931 bits per heavy atom. The van der Waals surface area contributed by atoms with Crippen molar-refractivity contribution in [2.24, 2.45) is 0 Å². The molecule has 0 aromatic heterocycles. The molecule has 0 fully saturated rings. The van der Waals surface area contributed by atoms with E-state index in [0.717, 1.165) is 19.3 Å². The Bertz CT molecular complexity index is 535. The first-order valence-corrected chi connectivity index (χ1v) is 12.8. The fraction of sp³-hybridized carbons (Fsp3) is 0.952. The molecule has 0 aromatic rings. The van der Waals surface area contributed by atoms with Crippen molar-refractivity contribution in [3.8, 4) is 0 Å². The average molecular weight is 439 g/mol. The number of quaternary nitrogens is 1. The predicted octanol–water partition coefficient (Wildman–Crippen LogP) is 3.55. The minimum atomic E-state index is -4.26. The number of esters is 1. The monoisotopic (exact) mass is 438 g/mol. The van der Waals surface area contributed by atoms with Gasteiger partial charge in [-0.2, -0.15) is 8.42 Å². The molecule has 0 aliphatic heterocycles. The molecule has 174 valence electrons. The first kappa shape index (κ1) is 28.3. The number of aliphatic hydroxyl groups excluding tert-OH is 1. The van der Waals surface area contributed by atoms with E-state index in [0.29, 0.717) is 13.0 Å². The van der Waals surface area contributed by atoms with E-state index in [-0.39, 0.29) is 17.0 Å². The van der Waals surface area contributed by atoms with Crippen LogP contribution in [-0.2, 0) is 19.6 Å². The fourth-order valence-electron chi connectivity index (χ4n) is 3.77. The molecule has 7 nitrogen and oxygen atoms in total. The molecular formula is C21H44NO6S+. The molecule has 0 aromatic carbocycles. The van der Waals surface area contributed by atoms with Crippen LogP contribution in [0.2, 0.25) is 0 Å². The Kier molecular flexibility index (Phi) is 14.8. The number of unbranched alkanes of at least 4 members (excludes halogenated alkanes) is 9. The smallest absolute Gasteiger partial charge is 0.364 e. The molecule has 0 saturated carbocycles. The van der Waals surface area contributed by atoms with Crippen LogP contribution >= 0.6 is 0 Å². The first-order valence-electron chi connectivity index (χ1n) is 11.2. The molecule has 0 heterocycles. The molecule has 0 aliphatic carbocycles. The summed E-state index contributed by atoms with van der Waals surface area (Å²) < 4.78 is 36.3. The van der Waals surface area contributed by atoms with E-state index in [4.69, 9.17) is 9.29 Å². The lowest BCUT2D eigenvalue weighted by Gasteiger charge is -2.37. The van der Waals surface area contributed by atoms with Gasteiger partial charge in [0.05, 0.1) is 20.7 Å². The van der Waals surface area contributed by atoms with Crippen LogP contribution in [0.4, 0.5) is 0 Å². The molecule has 0 rings (SSSR count). The van der Waals surface area contributed by atoms with Crippen molar-refractivity contribution in [3.05, 3.63) is 0 Å². The lowest BCUT2D eigenvalue weighted by atomic mass is 10.1. The average Bonchev–Trinajstić information content (AvgIpc) is 2.57. The summed E-state index contributed by atoms with van der Waals surface area (Å²) >= 11 is 0. The number of likely N-dealkylation sites (N-methyl/N-ethyl adjacent to an activating group) is 1. The second-order valence-corrected chi connectivity index (χ2v) is 10.1. The van der Waals surface area contributed by atoms with E-state index in [9.17, 15) is 18.3 Å². The Labute approximate surface area is 178 Å². The number of hydrogen-bond donors (Lipinski definition) is 2. The summed E-state index contributed by atoms with van der Waals surface area (Å²) in [4.78, 5) is 12.5. The van der Waals surface area contributed by atoms with Gasteiger partial charge in [-0.05, 0) is 6.42 Å². The molecule has 2 N–H and O–H groups in total. The van der Waals surface area contributed by atoms with E-state index in [2.05, 4.69) is 6.92 Å². The first-order chi connectivity index (χ1) is 13.5. The Hall–Kier alpha value is -0.700. The standard InChI is InChI=1S/C21H43NO6S/c1-5-7-8-9-10-11-12-13-14-15-16-28-21(24)20(6-2)22(3,4)17-19(23)18-29(25,26)27/h19-20,23H,5-18H2,1-4H3/p+1. The highest BCUT2D eigenvalue weighted by Crippen LogP contribution is 2.15. The molecule has 8 heteroatoms. The highest BCUT2D eigenvalue weighted by molar-refractivity contribution is 7.85. The van der Waals surface area contributed by atoms with E-state index in [1.54, 1.807) is 14.1 Å². The molecule has 2 atom stereocenters. The summed E-state index contributed by atoms with van der Waals surface area (Å²) in [6.45, 7) is 4.51. The molecular weight excluding hydrogens is 394 g/mol. The van der Waals surface area contributed by atoms with Crippen LogP contribution in [0.1, 0.15) is 84.5 Å². The fourth-order valence-corrected chi connectivity index (χ4v) is 4.36. The minimum absolute atomic E-state index is 0.0334. The third kappa shape index (κ3) is 14.9. The van der Waals surface area contributed by atoms with E-state index < -0.39 is 28.0 Å². The Morgan fingerprint density at radius 3 is 1.86 bits per heavy atom. The van der Waals surface area contributed by atoms with Crippen LogP contribution < -0.4 is 0 Å². The van der Waals surface area contributed by atoms with Crippen molar-refractivity contribution < 1.29 is 32.1 Å². The van der Waals surface area contributed by atoms with Crippen LogP contribution in [-0.4, -0.2) is 73.7 Å². The SMILES string of the molecule is CCCCCCCCCCCCOC(=O)C(CC)[N+](C)(C)CC(O)CS(=O)(=O)O. The summed E-state index contributed by atoms with van der Waals surface area (Å²) in [5.74, 6) is -1.06. The summed E-state index contributed by atoms with van der Waals surface area (Å²) in [5.41, 5.74) is 0. The largest absolute Gasteiger partial charge is 0.461 e. The van der Waals surface area contributed by atoms with Crippen molar-refractivity contribution in [2.45, 2.75) is 96.6 Å². The van der Waals surface area contributed by atoms with E-state index >= 15 is 0 Å². The molecule has 0 aliphatic rings. The van der Waals surface area contributed by atoms with Gasteiger partial charge in [-0.3, -0.25) is 4.55 Å². The molecule has 0 bridgehead atoms. The van der Waals surface area contributed by atoms with Gasteiger partial charge in [0, 0.05) is 6.42 Å². The van der Waals surface area contributed by atoms with Gasteiger partial charge in [-0.15, -0.1) is 0 Å². The summed E-state index contributed by atoms with van der Waals surface area (Å²) in [5, 5.41) is 9.92. The van der Waals surface area contributed by atoms with Crippen molar-refractivity contribution in [3.63, 3.8) is 0 Å². The van der Waals surface area contributed by atoms with Crippen molar-refractivity contribution >= 4 is 16.1 Å². The van der Waals surface area contributed by atoms with E-state index in [1.165, 1.54) is 44.9 Å². The summed E-state index contributed by atoms with van der Waals surface area (Å²) in [6, 6.07) is -0.492. The number of aliphatic hydroxyl groups is 1. The number of carbonyl (C=O) groups is 1. The van der Waals surface area contributed by atoms with Crippen LogP contribution in [0.25, 0.3) is 0 Å². The zero-order chi connectivity index (χ0) is 22.3. The second-order valence-electron chi connectivity index (χ2n) is 8.64. The molecule has 0 spiro atoms. The number of ether oxygens (including phenoxy) is 1. The quantitative estimate of drug-likeness (QED) is 0.147. The molecule has 0 radical (unpaired) electrons. The minimum Gasteiger partial charge on any atom is -0.461 e. The number of rotatable bonds is 18. The third-order valence-corrected chi connectivity index (χ3v) is 6.14. The Morgan fingerprint density at radius 2 is 1.41 bits per heavy atom. The normalized spacial score (nSPS) is 14.6. The second kappa shape index (κ2) is 15.2. The van der Waals surface area contributed by atoms with Gasteiger partial charge in [0.15, 0.2) is 6.04 Å². The lowest BCUT2D eigenvalue weighted by Crippen LogP contribution is -2.57. The van der Waals surface area contributed by atoms with Crippen LogP contribution in [0, 0.1) is 0 Å². The zero-order valence-electron chi connectivity index (χ0n) is 18.9. The lowest BCUT2D eigenvalue weighted by molar-refractivity contribution is -0.909. The van der Waals surface area contributed by atoms with Crippen LogP contribution in [0.5, 0.6) is 0 Å². The van der Waals surface area contributed by atoms with Crippen molar-refractivity contribution in [1.29, 1.82) is 0 Å². The maximum Gasteiger partial charge on any atom is 0.364 e. The summed E-state index contributed by atoms with van der Waals surface area (Å²) in [6.07, 6.45) is 11.4. The van der Waals surface area contributed by atoms with Gasteiger partial charge < -0.3 is 14.3 Å². The van der Waals surface area contributed by atoms with Crippen LogP contribution in [0.15, 0.2) is 0 Å². The molecule has 0 amide bonds. The van der Waals surface area contributed by atoms with E-state index in [1.807, 2.05) is 6.92 Å². The maximum absolute atomic E-state index is 12.5. The highest BCUT2D eigenvalue weighted by atomic mass is 32.2. The van der Waals surface area contributed by atoms with Gasteiger partial charge in [0.25, 0.3) is 10.1 Å². The van der Waals surface area contributed by atoms with Crippen LogP contribution in [0.3, 0.4) is 0 Å². The predicted molar refractivity (Wildman–Crippen MR) is 116 cm³/mol. The zero-order valence-corrected chi connectivity index (χ0v) is 19.8. The van der Waals surface area contributed by atoms with Gasteiger partial charge in [0.1, 0.15) is 18.4 Å². The highest BCUT2D eigenvalue weighted by Gasteiger charge is 2.37. The molecule has 2 unspecified atom stereocenters. The summed E-state index contributed by atoms with van der Waals surface area (Å²) in [7, 11) is -0.752. The topological polar surface area (TPSA) is 101 Å². The number of hydrogen-bond acceptors (Lipinski definition) is 5. The Balaban J connectivity index is 4.10.